The van der Waals surface area contributed by atoms with Crippen LogP contribution in [0.1, 0.15) is 17.4 Å². The van der Waals surface area contributed by atoms with E-state index < -0.39 is 0 Å². The Morgan fingerprint density at radius 1 is 1.33 bits per heavy atom. The Labute approximate surface area is 82.5 Å². The first-order valence-electron chi connectivity index (χ1n) is 4.15. The minimum atomic E-state index is 0.337. The van der Waals surface area contributed by atoms with Crippen LogP contribution in [0.3, 0.4) is 0 Å². The first kappa shape index (κ1) is 9.75. The van der Waals surface area contributed by atoms with Gasteiger partial charge < -0.3 is 0 Å². The molecule has 1 atom stereocenters. The first-order chi connectivity index (χ1) is 5.75. The van der Waals surface area contributed by atoms with E-state index in [-0.39, 0.29) is 0 Å². The largest absolute Gasteiger partial charge is 0.291 e. The summed E-state index contributed by atoms with van der Waals surface area (Å²) in [5.74, 6) is 0. The SMILES string of the molecule is CCN(C)C(Br)c1ccccc1. The normalized spacial score (nSPS) is 13.3. The van der Waals surface area contributed by atoms with Gasteiger partial charge in [-0.3, -0.25) is 4.90 Å². The third-order valence-electron chi connectivity index (χ3n) is 1.96. The number of rotatable bonds is 3. The molecule has 0 N–H and O–H groups in total. The van der Waals surface area contributed by atoms with Crippen molar-refractivity contribution >= 4 is 15.9 Å². The van der Waals surface area contributed by atoms with Gasteiger partial charge in [-0.25, -0.2) is 0 Å². The second-order valence-corrected chi connectivity index (χ2v) is 3.69. The Bertz CT molecular complexity index is 223. The summed E-state index contributed by atoms with van der Waals surface area (Å²) < 4.78 is 0. The van der Waals surface area contributed by atoms with Crippen molar-refractivity contribution < 1.29 is 0 Å². The van der Waals surface area contributed by atoms with Gasteiger partial charge in [0, 0.05) is 0 Å². The molecule has 0 bridgehead atoms. The molecule has 0 aliphatic carbocycles. The van der Waals surface area contributed by atoms with Crippen molar-refractivity contribution in [1.29, 1.82) is 0 Å². The molecule has 1 aromatic carbocycles. The highest BCUT2D eigenvalue weighted by atomic mass is 79.9. The molecule has 0 fully saturated rings. The molecule has 0 aromatic heterocycles. The van der Waals surface area contributed by atoms with Crippen molar-refractivity contribution in [2.75, 3.05) is 13.6 Å². The predicted octanol–water partition coefficient (Wildman–Crippen LogP) is 3.03. The van der Waals surface area contributed by atoms with Gasteiger partial charge in [0.1, 0.15) is 0 Å². The van der Waals surface area contributed by atoms with E-state index in [4.69, 9.17) is 0 Å². The zero-order chi connectivity index (χ0) is 8.97. The number of hydrogen-bond acceptors (Lipinski definition) is 1. The zero-order valence-corrected chi connectivity index (χ0v) is 9.08. The van der Waals surface area contributed by atoms with Crippen LogP contribution in [0.5, 0.6) is 0 Å². The van der Waals surface area contributed by atoms with Gasteiger partial charge in [0.2, 0.25) is 0 Å². The summed E-state index contributed by atoms with van der Waals surface area (Å²) in [7, 11) is 2.10. The van der Waals surface area contributed by atoms with E-state index in [0.29, 0.717) is 4.95 Å². The molecular formula is C10H14BrN. The predicted molar refractivity (Wildman–Crippen MR) is 56.4 cm³/mol. The summed E-state index contributed by atoms with van der Waals surface area (Å²) in [5.41, 5.74) is 1.31. The molecule has 12 heavy (non-hydrogen) atoms. The van der Waals surface area contributed by atoms with Crippen LogP contribution >= 0.6 is 15.9 Å². The lowest BCUT2D eigenvalue weighted by atomic mass is 10.2. The summed E-state index contributed by atoms with van der Waals surface area (Å²) in [5, 5.41) is 0. The molecule has 0 aliphatic heterocycles. The molecule has 1 nitrogen and oxygen atoms in total. The van der Waals surface area contributed by atoms with Crippen molar-refractivity contribution in [2.45, 2.75) is 11.9 Å². The molecule has 66 valence electrons. The van der Waals surface area contributed by atoms with Gasteiger partial charge in [-0.1, -0.05) is 53.2 Å². The maximum absolute atomic E-state index is 3.64. The molecule has 0 amide bonds. The second kappa shape index (κ2) is 4.63. The summed E-state index contributed by atoms with van der Waals surface area (Å²) in [6.45, 7) is 3.20. The lowest BCUT2D eigenvalue weighted by Crippen LogP contribution is -2.19. The Kier molecular flexibility index (Phi) is 3.76. The molecule has 0 aliphatic rings. The highest BCUT2D eigenvalue weighted by molar-refractivity contribution is 9.09. The molecule has 0 saturated carbocycles. The summed E-state index contributed by atoms with van der Waals surface area (Å²) in [6.07, 6.45) is 0. The highest BCUT2D eigenvalue weighted by Gasteiger charge is 2.09. The van der Waals surface area contributed by atoms with Crippen LogP contribution in [0.25, 0.3) is 0 Å². The third-order valence-corrected chi connectivity index (χ3v) is 3.19. The second-order valence-electron chi connectivity index (χ2n) is 2.82. The van der Waals surface area contributed by atoms with Crippen LogP contribution in [0.4, 0.5) is 0 Å². The maximum atomic E-state index is 3.64. The van der Waals surface area contributed by atoms with Crippen molar-refractivity contribution in [2.24, 2.45) is 0 Å². The minimum absolute atomic E-state index is 0.337. The number of nitrogens with zero attached hydrogens (tertiary/aromatic N) is 1. The maximum Gasteiger partial charge on any atom is 0.0909 e. The number of hydrogen-bond donors (Lipinski definition) is 0. The number of halogens is 1. The fourth-order valence-corrected chi connectivity index (χ4v) is 1.62. The average Bonchev–Trinajstić information content (AvgIpc) is 2.17. The summed E-state index contributed by atoms with van der Waals surface area (Å²) in [6, 6.07) is 10.4. The van der Waals surface area contributed by atoms with E-state index in [9.17, 15) is 0 Å². The lowest BCUT2D eigenvalue weighted by molar-refractivity contribution is 0.342. The monoisotopic (exact) mass is 227 g/mol. The molecule has 0 spiro atoms. The standard InChI is InChI=1S/C10H14BrN/c1-3-12(2)10(11)9-7-5-4-6-8-9/h4-8,10H,3H2,1-2H3. The molecule has 0 radical (unpaired) electrons. The lowest BCUT2D eigenvalue weighted by Gasteiger charge is -2.21. The van der Waals surface area contributed by atoms with Gasteiger partial charge in [-0.2, -0.15) is 0 Å². The van der Waals surface area contributed by atoms with Gasteiger partial charge in [0.25, 0.3) is 0 Å². The summed E-state index contributed by atoms with van der Waals surface area (Å²) >= 11 is 3.64. The van der Waals surface area contributed by atoms with Crippen molar-refractivity contribution in [3.8, 4) is 0 Å². The highest BCUT2D eigenvalue weighted by Crippen LogP contribution is 2.24. The molecule has 0 saturated heterocycles. The summed E-state index contributed by atoms with van der Waals surface area (Å²) in [4.78, 5) is 2.58. The number of benzene rings is 1. The molecular weight excluding hydrogens is 214 g/mol. The Morgan fingerprint density at radius 2 is 1.92 bits per heavy atom. The van der Waals surface area contributed by atoms with E-state index in [1.54, 1.807) is 0 Å². The zero-order valence-electron chi connectivity index (χ0n) is 7.50. The van der Waals surface area contributed by atoms with Gasteiger partial charge in [-0.15, -0.1) is 0 Å². The fraction of sp³-hybridized carbons (Fsp3) is 0.400. The van der Waals surface area contributed by atoms with Crippen molar-refractivity contribution in [1.82, 2.24) is 4.90 Å². The van der Waals surface area contributed by atoms with E-state index >= 15 is 0 Å². The quantitative estimate of drug-likeness (QED) is 0.567. The Balaban J connectivity index is 2.71. The molecule has 1 rings (SSSR count). The van der Waals surface area contributed by atoms with Crippen LogP contribution < -0.4 is 0 Å². The van der Waals surface area contributed by atoms with Crippen LogP contribution in [0, 0.1) is 0 Å². The van der Waals surface area contributed by atoms with E-state index in [0.717, 1.165) is 6.54 Å². The van der Waals surface area contributed by atoms with Gasteiger partial charge in [-0.05, 0) is 19.2 Å². The molecule has 0 heterocycles. The van der Waals surface area contributed by atoms with Gasteiger partial charge in [0.05, 0.1) is 4.95 Å². The van der Waals surface area contributed by atoms with Crippen molar-refractivity contribution in [3.05, 3.63) is 35.9 Å². The fourth-order valence-electron chi connectivity index (χ4n) is 1.03. The number of alkyl halides is 1. The molecule has 2 heteroatoms. The Morgan fingerprint density at radius 3 is 2.42 bits per heavy atom. The molecule has 1 aromatic rings. The van der Waals surface area contributed by atoms with Crippen LogP contribution in [0.15, 0.2) is 30.3 Å². The topological polar surface area (TPSA) is 3.24 Å². The van der Waals surface area contributed by atoms with Crippen LogP contribution in [0.2, 0.25) is 0 Å². The van der Waals surface area contributed by atoms with Crippen molar-refractivity contribution in [3.63, 3.8) is 0 Å². The minimum Gasteiger partial charge on any atom is -0.291 e. The Hall–Kier alpha value is -0.340. The third kappa shape index (κ3) is 2.32. The average molecular weight is 228 g/mol. The van der Waals surface area contributed by atoms with Gasteiger partial charge >= 0.3 is 0 Å². The van der Waals surface area contributed by atoms with Crippen LogP contribution in [-0.4, -0.2) is 18.5 Å². The molecule has 1 unspecified atom stereocenters. The van der Waals surface area contributed by atoms with E-state index in [1.165, 1.54) is 5.56 Å². The first-order valence-corrected chi connectivity index (χ1v) is 5.06. The van der Waals surface area contributed by atoms with E-state index in [1.807, 2.05) is 6.07 Å². The smallest absolute Gasteiger partial charge is 0.0909 e. The van der Waals surface area contributed by atoms with E-state index in [2.05, 4.69) is 59.1 Å². The van der Waals surface area contributed by atoms with Gasteiger partial charge in [0.15, 0.2) is 0 Å². The van der Waals surface area contributed by atoms with Crippen LogP contribution in [-0.2, 0) is 0 Å².